The van der Waals surface area contributed by atoms with Gasteiger partial charge in [-0.3, -0.25) is 0 Å². The second-order valence-electron chi connectivity index (χ2n) is 2.89. The van der Waals surface area contributed by atoms with E-state index in [1.807, 2.05) is 13.0 Å². The van der Waals surface area contributed by atoms with Gasteiger partial charge in [0.05, 0.1) is 13.2 Å². The molecule has 1 unspecified atom stereocenters. The van der Waals surface area contributed by atoms with Crippen LogP contribution in [0.25, 0.3) is 0 Å². The average Bonchev–Trinajstić information content (AvgIpc) is 2.19. The lowest BCUT2D eigenvalue weighted by molar-refractivity contribution is -0.159. The summed E-state index contributed by atoms with van der Waals surface area (Å²) in [6, 6.07) is 0. The van der Waals surface area contributed by atoms with Crippen molar-refractivity contribution in [2.75, 3.05) is 13.2 Å². The van der Waals surface area contributed by atoms with E-state index in [0.29, 0.717) is 25.6 Å². The molecule has 0 amide bonds. The molecule has 1 aliphatic rings. The number of rotatable bonds is 4. The van der Waals surface area contributed by atoms with Crippen molar-refractivity contribution >= 4 is 5.97 Å². The molecule has 0 bridgehead atoms. The topological polar surface area (TPSA) is 44.8 Å². The molecule has 0 saturated heterocycles. The van der Waals surface area contributed by atoms with Gasteiger partial charge in [0.15, 0.2) is 6.10 Å². The molecule has 80 valence electrons. The van der Waals surface area contributed by atoms with Crippen LogP contribution in [0.4, 0.5) is 0 Å². The molecule has 0 radical (unpaired) electrons. The summed E-state index contributed by atoms with van der Waals surface area (Å²) in [5.74, 6) is 0.134. The second kappa shape index (κ2) is 5.52. The minimum atomic E-state index is -0.499. The molecule has 0 spiro atoms. The Bertz CT molecular complexity index is 222. The Kier molecular flexibility index (Phi) is 4.29. The highest BCUT2D eigenvalue weighted by atomic mass is 16.7. The van der Waals surface area contributed by atoms with Gasteiger partial charge < -0.3 is 14.2 Å². The van der Waals surface area contributed by atoms with E-state index in [0.717, 1.165) is 6.42 Å². The standard InChI is InChI=1S/C10H16O4/c1-3-12-9-7-5-6-8(14-9)10(11)13-4-2/h7-8H,3-6H2,1-2H3. The maximum absolute atomic E-state index is 11.3. The van der Waals surface area contributed by atoms with Gasteiger partial charge in [-0.05, 0) is 32.8 Å². The van der Waals surface area contributed by atoms with Crippen molar-refractivity contribution in [3.8, 4) is 0 Å². The Labute approximate surface area is 83.8 Å². The minimum Gasteiger partial charge on any atom is -0.466 e. The molecular weight excluding hydrogens is 184 g/mol. The third-order valence-electron chi connectivity index (χ3n) is 1.83. The number of ether oxygens (including phenoxy) is 3. The first-order valence-electron chi connectivity index (χ1n) is 4.94. The molecule has 0 N–H and O–H groups in total. The Morgan fingerprint density at radius 2 is 2.36 bits per heavy atom. The zero-order chi connectivity index (χ0) is 10.4. The van der Waals surface area contributed by atoms with Crippen LogP contribution in [-0.4, -0.2) is 25.3 Å². The smallest absolute Gasteiger partial charge is 0.347 e. The maximum atomic E-state index is 11.3. The van der Waals surface area contributed by atoms with Gasteiger partial charge in [-0.1, -0.05) is 0 Å². The van der Waals surface area contributed by atoms with Gasteiger partial charge in [-0.2, -0.15) is 0 Å². The number of carbonyl (C=O) groups is 1. The lowest BCUT2D eigenvalue weighted by atomic mass is 10.1. The first-order chi connectivity index (χ1) is 6.77. The van der Waals surface area contributed by atoms with E-state index in [9.17, 15) is 4.79 Å². The van der Waals surface area contributed by atoms with Crippen LogP contribution in [0.1, 0.15) is 26.7 Å². The first kappa shape index (κ1) is 10.9. The Hall–Kier alpha value is -1.19. The molecule has 0 aromatic rings. The number of allylic oxidation sites excluding steroid dienone is 1. The van der Waals surface area contributed by atoms with Crippen LogP contribution in [0.5, 0.6) is 0 Å². The van der Waals surface area contributed by atoms with Crippen LogP contribution in [0.3, 0.4) is 0 Å². The summed E-state index contributed by atoms with van der Waals surface area (Å²) >= 11 is 0. The van der Waals surface area contributed by atoms with Crippen LogP contribution < -0.4 is 0 Å². The van der Waals surface area contributed by atoms with E-state index in [2.05, 4.69) is 0 Å². The fourth-order valence-corrected chi connectivity index (χ4v) is 1.24. The minimum absolute atomic E-state index is 0.308. The van der Waals surface area contributed by atoms with Gasteiger partial charge in [0.1, 0.15) is 0 Å². The molecule has 1 atom stereocenters. The lowest BCUT2D eigenvalue weighted by Crippen LogP contribution is -2.28. The van der Waals surface area contributed by atoms with E-state index < -0.39 is 6.10 Å². The molecule has 0 saturated carbocycles. The average molecular weight is 200 g/mol. The number of carbonyl (C=O) groups excluding carboxylic acids is 1. The summed E-state index contributed by atoms with van der Waals surface area (Å²) in [4.78, 5) is 11.3. The second-order valence-corrected chi connectivity index (χ2v) is 2.89. The van der Waals surface area contributed by atoms with Gasteiger partial charge in [0.25, 0.3) is 5.95 Å². The van der Waals surface area contributed by atoms with Crippen molar-refractivity contribution in [2.45, 2.75) is 32.8 Å². The molecule has 0 aromatic carbocycles. The first-order valence-corrected chi connectivity index (χ1v) is 4.94. The zero-order valence-corrected chi connectivity index (χ0v) is 8.62. The van der Waals surface area contributed by atoms with Gasteiger partial charge in [0, 0.05) is 0 Å². The van der Waals surface area contributed by atoms with Crippen LogP contribution in [0, 0.1) is 0 Å². The van der Waals surface area contributed by atoms with E-state index in [-0.39, 0.29) is 5.97 Å². The summed E-state index contributed by atoms with van der Waals surface area (Å²) in [7, 11) is 0. The van der Waals surface area contributed by atoms with Crippen LogP contribution >= 0.6 is 0 Å². The van der Waals surface area contributed by atoms with Crippen LogP contribution in [-0.2, 0) is 19.0 Å². The SMILES string of the molecule is CCOC(=O)C1CCC=C(OCC)O1. The highest BCUT2D eigenvalue weighted by molar-refractivity contribution is 5.74. The molecule has 4 heteroatoms. The van der Waals surface area contributed by atoms with Crippen LogP contribution in [0.15, 0.2) is 12.0 Å². The molecule has 0 aliphatic carbocycles. The number of hydrogen-bond donors (Lipinski definition) is 0. The molecule has 0 aromatic heterocycles. The predicted molar refractivity (Wildman–Crippen MR) is 50.4 cm³/mol. The van der Waals surface area contributed by atoms with Crippen molar-refractivity contribution in [3.05, 3.63) is 12.0 Å². The molecular formula is C10H16O4. The molecule has 14 heavy (non-hydrogen) atoms. The van der Waals surface area contributed by atoms with Crippen molar-refractivity contribution in [2.24, 2.45) is 0 Å². The summed E-state index contributed by atoms with van der Waals surface area (Å²) in [6.45, 7) is 4.58. The fraction of sp³-hybridized carbons (Fsp3) is 0.700. The van der Waals surface area contributed by atoms with E-state index in [1.54, 1.807) is 6.92 Å². The van der Waals surface area contributed by atoms with Gasteiger partial charge in [-0.15, -0.1) is 0 Å². The van der Waals surface area contributed by atoms with E-state index >= 15 is 0 Å². The highest BCUT2D eigenvalue weighted by Gasteiger charge is 2.25. The van der Waals surface area contributed by atoms with Crippen molar-refractivity contribution in [3.63, 3.8) is 0 Å². The predicted octanol–water partition coefficient (Wildman–Crippen LogP) is 1.61. The molecule has 4 nitrogen and oxygen atoms in total. The summed E-state index contributed by atoms with van der Waals surface area (Å²) < 4.78 is 15.3. The largest absolute Gasteiger partial charge is 0.466 e. The van der Waals surface area contributed by atoms with Gasteiger partial charge in [-0.25, -0.2) is 4.79 Å². The lowest BCUT2D eigenvalue weighted by Gasteiger charge is -2.22. The Morgan fingerprint density at radius 3 is 3.00 bits per heavy atom. The molecule has 1 rings (SSSR count). The van der Waals surface area contributed by atoms with Crippen molar-refractivity contribution in [1.82, 2.24) is 0 Å². The van der Waals surface area contributed by atoms with Crippen molar-refractivity contribution in [1.29, 1.82) is 0 Å². The molecule has 0 fully saturated rings. The Morgan fingerprint density at radius 1 is 1.57 bits per heavy atom. The zero-order valence-electron chi connectivity index (χ0n) is 8.62. The third-order valence-corrected chi connectivity index (χ3v) is 1.83. The monoisotopic (exact) mass is 200 g/mol. The molecule has 1 aliphatic heterocycles. The molecule has 1 heterocycles. The number of esters is 1. The van der Waals surface area contributed by atoms with E-state index in [1.165, 1.54) is 0 Å². The summed E-state index contributed by atoms with van der Waals surface area (Å²) in [5, 5.41) is 0. The maximum Gasteiger partial charge on any atom is 0.347 e. The third kappa shape index (κ3) is 2.94. The van der Waals surface area contributed by atoms with Crippen LogP contribution in [0.2, 0.25) is 0 Å². The number of hydrogen-bond acceptors (Lipinski definition) is 4. The highest BCUT2D eigenvalue weighted by Crippen LogP contribution is 2.18. The fourth-order valence-electron chi connectivity index (χ4n) is 1.24. The van der Waals surface area contributed by atoms with E-state index in [4.69, 9.17) is 14.2 Å². The normalized spacial score (nSPS) is 20.7. The van der Waals surface area contributed by atoms with Crippen molar-refractivity contribution < 1.29 is 19.0 Å². The quantitative estimate of drug-likeness (QED) is 0.647. The summed E-state index contributed by atoms with van der Waals surface area (Å²) in [5.41, 5.74) is 0. The summed E-state index contributed by atoms with van der Waals surface area (Å²) in [6.07, 6.45) is 2.80. The Balaban J connectivity index is 2.43. The van der Waals surface area contributed by atoms with Gasteiger partial charge >= 0.3 is 5.97 Å². The van der Waals surface area contributed by atoms with Gasteiger partial charge in [0.2, 0.25) is 0 Å².